The molecule has 0 amide bonds. The quantitative estimate of drug-likeness (QED) is 0.485. The minimum absolute atomic E-state index is 0.531. The summed E-state index contributed by atoms with van der Waals surface area (Å²) in [4.78, 5) is 0. The molecule has 44 valence electrons. The van der Waals surface area contributed by atoms with E-state index < -0.39 is 0 Å². The molecular formula is C7H11As. The van der Waals surface area contributed by atoms with Crippen LogP contribution in [0.15, 0.2) is 11.6 Å². The molecule has 1 rings (SSSR count). The van der Waals surface area contributed by atoms with Crippen molar-refractivity contribution in [2.45, 2.75) is 25.5 Å². The van der Waals surface area contributed by atoms with Crippen LogP contribution in [0.1, 0.15) is 20.8 Å². The van der Waals surface area contributed by atoms with Crippen molar-refractivity contribution >= 4 is 19.6 Å². The molecule has 0 bridgehead atoms. The van der Waals surface area contributed by atoms with Crippen molar-refractivity contribution in [3.05, 3.63) is 11.6 Å². The molecule has 0 radical (unpaired) electrons. The third-order valence-corrected chi connectivity index (χ3v) is 4.29. The average Bonchev–Trinajstić information content (AvgIpc) is 1.85. The monoisotopic (exact) mass is 170 g/mol. The molecule has 1 heterocycles. The van der Waals surface area contributed by atoms with Gasteiger partial charge in [0.15, 0.2) is 0 Å². The van der Waals surface area contributed by atoms with Crippen molar-refractivity contribution in [2.75, 3.05) is 0 Å². The fourth-order valence-electron chi connectivity index (χ4n) is 0.895. The Morgan fingerprint density at radius 3 is 2.25 bits per heavy atom. The molecule has 1 unspecified atom stereocenters. The Labute approximate surface area is 57.2 Å². The summed E-state index contributed by atoms with van der Waals surface area (Å²) in [6.07, 6.45) is 2.34. The van der Waals surface area contributed by atoms with Crippen molar-refractivity contribution in [2.24, 2.45) is 0 Å². The molecule has 0 aromatic heterocycles. The molecule has 0 spiro atoms. The van der Waals surface area contributed by atoms with Gasteiger partial charge in [-0.05, 0) is 0 Å². The third-order valence-electron chi connectivity index (χ3n) is 1.49. The van der Waals surface area contributed by atoms with Gasteiger partial charge < -0.3 is 0 Å². The van der Waals surface area contributed by atoms with Gasteiger partial charge in [-0.25, -0.2) is 0 Å². The predicted octanol–water partition coefficient (Wildman–Crippen LogP) is 1.65. The van der Waals surface area contributed by atoms with Gasteiger partial charge in [0.2, 0.25) is 0 Å². The molecule has 0 saturated carbocycles. The normalized spacial score (nSPS) is 29.6. The van der Waals surface area contributed by atoms with Crippen LogP contribution in [0.3, 0.4) is 0 Å². The number of hydrogen-bond acceptors (Lipinski definition) is 0. The van der Waals surface area contributed by atoms with Gasteiger partial charge >= 0.3 is 56.7 Å². The van der Waals surface area contributed by atoms with Crippen molar-refractivity contribution < 1.29 is 0 Å². The van der Waals surface area contributed by atoms with E-state index in [2.05, 4.69) is 26.8 Å². The first-order valence-corrected chi connectivity index (χ1v) is 4.95. The van der Waals surface area contributed by atoms with Crippen molar-refractivity contribution in [3.63, 3.8) is 0 Å². The van der Waals surface area contributed by atoms with Crippen LogP contribution < -0.4 is 0 Å². The maximum absolute atomic E-state index is 2.34. The second-order valence-corrected chi connectivity index (χ2v) is 5.98. The fourth-order valence-corrected chi connectivity index (χ4v) is 3.34. The van der Waals surface area contributed by atoms with E-state index in [4.69, 9.17) is 0 Å². The zero-order valence-electron chi connectivity index (χ0n) is 5.60. The van der Waals surface area contributed by atoms with Gasteiger partial charge in [0.1, 0.15) is 0 Å². The van der Waals surface area contributed by atoms with Crippen molar-refractivity contribution in [1.29, 1.82) is 0 Å². The molecule has 0 aliphatic carbocycles. The van der Waals surface area contributed by atoms with Crippen LogP contribution in [0.2, 0.25) is 4.71 Å². The van der Waals surface area contributed by atoms with Crippen LogP contribution in [0.25, 0.3) is 0 Å². The van der Waals surface area contributed by atoms with E-state index >= 15 is 0 Å². The van der Waals surface area contributed by atoms with E-state index in [0.29, 0.717) is 15.3 Å². The van der Waals surface area contributed by atoms with E-state index in [1.807, 2.05) is 0 Å². The average molecular weight is 170 g/mol. The molecule has 0 fully saturated rings. The van der Waals surface area contributed by atoms with E-state index in [9.17, 15) is 0 Å². The Hall–Kier alpha value is 0.168. The summed E-state index contributed by atoms with van der Waals surface area (Å²) >= 11 is 0.531. The predicted molar refractivity (Wildman–Crippen MR) is 39.6 cm³/mol. The molecule has 0 aromatic carbocycles. The third kappa shape index (κ3) is 1.11. The summed E-state index contributed by atoms with van der Waals surface area (Å²) in [6, 6.07) is 0. The Morgan fingerprint density at radius 2 is 2.12 bits per heavy atom. The maximum atomic E-state index is 2.34. The van der Waals surface area contributed by atoms with Crippen LogP contribution in [0.4, 0.5) is 0 Å². The molecular weight excluding hydrogens is 159 g/mol. The molecule has 1 heteroatoms. The summed E-state index contributed by atoms with van der Waals surface area (Å²) < 4.78 is 2.54. The van der Waals surface area contributed by atoms with Gasteiger partial charge in [-0.1, -0.05) is 0 Å². The van der Waals surface area contributed by atoms with E-state index in [0.717, 1.165) is 4.71 Å². The zero-order valence-corrected chi connectivity index (χ0v) is 7.48. The molecule has 1 atom stereocenters. The Bertz CT molecular complexity index is 154. The molecule has 0 N–H and O–H groups in total. The van der Waals surface area contributed by atoms with Gasteiger partial charge in [-0.2, -0.15) is 0 Å². The Morgan fingerprint density at radius 1 is 1.50 bits per heavy atom. The van der Waals surface area contributed by atoms with E-state index in [1.54, 1.807) is 9.88 Å². The molecule has 0 aromatic rings. The topological polar surface area (TPSA) is 0 Å². The van der Waals surface area contributed by atoms with Gasteiger partial charge in [-0.15, -0.1) is 0 Å². The standard InChI is InChI=1S/C7H11As/c1-5-4-6(2)8-7(5)3/h4,7H,1-3H3. The molecule has 0 nitrogen and oxygen atoms in total. The summed E-state index contributed by atoms with van der Waals surface area (Å²) in [5.74, 6) is 0. The minimum atomic E-state index is 0.531. The first-order chi connectivity index (χ1) is 3.70. The van der Waals surface area contributed by atoms with Crippen LogP contribution in [-0.4, -0.2) is 19.6 Å². The van der Waals surface area contributed by atoms with Crippen LogP contribution in [0, 0.1) is 0 Å². The summed E-state index contributed by atoms with van der Waals surface area (Å²) in [7, 11) is 0. The number of rotatable bonds is 0. The second-order valence-electron chi connectivity index (χ2n) is 2.33. The Kier molecular flexibility index (Phi) is 1.72. The van der Waals surface area contributed by atoms with E-state index in [-0.39, 0.29) is 0 Å². The van der Waals surface area contributed by atoms with Gasteiger partial charge in [0, 0.05) is 0 Å². The Balaban J connectivity index is 2.78. The molecule has 1 aliphatic heterocycles. The molecule has 1 aliphatic rings. The van der Waals surface area contributed by atoms with Gasteiger partial charge in [-0.3, -0.25) is 0 Å². The fraction of sp³-hybridized carbons (Fsp3) is 0.571. The summed E-state index contributed by atoms with van der Waals surface area (Å²) in [5.41, 5.74) is 1.59. The van der Waals surface area contributed by atoms with Crippen molar-refractivity contribution in [1.82, 2.24) is 0 Å². The molecule has 8 heavy (non-hydrogen) atoms. The van der Waals surface area contributed by atoms with Crippen LogP contribution in [0.5, 0.6) is 0 Å². The first-order valence-electron chi connectivity index (χ1n) is 2.93. The number of hydrogen-bond donors (Lipinski definition) is 0. The van der Waals surface area contributed by atoms with Gasteiger partial charge in [0.25, 0.3) is 0 Å². The SMILES string of the molecule is CC1=CC(C)=[As]C1C. The van der Waals surface area contributed by atoms with Gasteiger partial charge in [0.05, 0.1) is 0 Å². The summed E-state index contributed by atoms with van der Waals surface area (Å²) in [5, 5.41) is 0. The van der Waals surface area contributed by atoms with Crippen LogP contribution >= 0.6 is 0 Å². The van der Waals surface area contributed by atoms with E-state index in [1.165, 1.54) is 0 Å². The van der Waals surface area contributed by atoms with Crippen molar-refractivity contribution in [3.8, 4) is 0 Å². The summed E-state index contributed by atoms with van der Waals surface area (Å²) in [6.45, 7) is 6.80. The number of allylic oxidation sites excluding steroid dienone is 2. The first kappa shape index (κ1) is 6.29. The second kappa shape index (κ2) is 2.19. The zero-order chi connectivity index (χ0) is 6.15. The molecule has 0 saturated heterocycles. The van der Waals surface area contributed by atoms with Crippen LogP contribution in [-0.2, 0) is 0 Å².